The molecule has 0 unspecified atom stereocenters. The van der Waals surface area contributed by atoms with Crippen LogP contribution in [0.15, 0.2) is 59.5 Å². The molecule has 0 spiro atoms. The van der Waals surface area contributed by atoms with Gasteiger partial charge in [0.25, 0.3) is 0 Å². The Kier molecular flexibility index (Phi) is 3.62. The zero-order valence-corrected chi connectivity index (χ0v) is 13.8. The Hall–Kier alpha value is -1.65. The van der Waals surface area contributed by atoms with Crippen LogP contribution in [0.3, 0.4) is 0 Å². The Labute approximate surface area is 131 Å². The number of sulfone groups is 1. The lowest BCUT2D eigenvalue weighted by atomic mass is 9.86. The Morgan fingerprint density at radius 1 is 0.909 bits per heavy atom. The molecule has 3 rings (SSSR count). The van der Waals surface area contributed by atoms with Crippen LogP contribution in [-0.4, -0.2) is 13.9 Å². The fraction of sp³-hybridized carbons (Fsp3) is 0.333. The van der Waals surface area contributed by atoms with Gasteiger partial charge in [0.2, 0.25) is 9.84 Å². The number of benzene rings is 2. The zero-order valence-electron chi connectivity index (χ0n) is 13.0. The molecule has 2 aromatic carbocycles. The van der Waals surface area contributed by atoms with E-state index in [-0.39, 0.29) is 11.5 Å². The average Bonchev–Trinajstić information content (AvgIpc) is 3.29. The Morgan fingerprint density at radius 2 is 1.50 bits per heavy atom. The second-order valence-corrected chi connectivity index (χ2v) is 8.68. The molecule has 0 radical (unpaired) electrons. The highest BCUT2D eigenvalue weighted by Crippen LogP contribution is 2.44. The van der Waals surface area contributed by atoms with E-state index in [4.69, 9.17) is 4.74 Å². The van der Waals surface area contributed by atoms with Crippen molar-refractivity contribution < 1.29 is 13.2 Å². The van der Waals surface area contributed by atoms with Gasteiger partial charge in [0.15, 0.2) is 5.44 Å². The molecule has 22 heavy (non-hydrogen) atoms. The van der Waals surface area contributed by atoms with Gasteiger partial charge in [0, 0.05) is 0 Å². The summed E-state index contributed by atoms with van der Waals surface area (Å²) in [7, 11) is -3.42. The van der Waals surface area contributed by atoms with Crippen LogP contribution in [0.1, 0.15) is 38.0 Å². The molecular formula is C18H20O3S. The molecule has 116 valence electrons. The van der Waals surface area contributed by atoms with Gasteiger partial charge in [-0.3, -0.25) is 0 Å². The third-order valence-corrected chi connectivity index (χ3v) is 5.83. The van der Waals surface area contributed by atoms with Crippen molar-refractivity contribution in [3.8, 4) is 0 Å². The first kappa shape index (κ1) is 15.3. The van der Waals surface area contributed by atoms with E-state index in [2.05, 4.69) is 20.8 Å². The van der Waals surface area contributed by atoms with Gasteiger partial charge in [0.05, 0.1) is 4.90 Å². The third-order valence-electron chi connectivity index (χ3n) is 3.93. The average molecular weight is 316 g/mol. The maximum Gasteiger partial charge on any atom is 0.208 e. The van der Waals surface area contributed by atoms with E-state index in [1.54, 1.807) is 30.3 Å². The molecule has 2 atom stereocenters. The van der Waals surface area contributed by atoms with Crippen LogP contribution in [0.4, 0.5) is 0 Å². The zero-order chi connectivity index (χ0) is 16.0. The molecule has 0 aliphatic carbocycles. The van der Waals surface area contributed by atoms with Crippen LogP contribution in [0.2, 0.25) is 0 Å². The second kappa shape index (κ2) is 5.21. The summed E-state index contributed by atoms with van der Waals surface area (Å²) in [6, 6.07) is 16.5. The molecule has 0 aromatic heterocycles. The smallest absolute Gasteiger partial charge is 0.208 e. The molecule has 1 fully saturated rings. The van der Waals surface area contributed by atoms with Crippen LogP contribution >= 0.6 is 0 Å². The highest BCUT2D eigenvalue weighted by atomic mass is 32.2. The molecule has 1 aliphatic rings. The summed E-state index contributed by atoms with van der Waals surface area (Å²) in [6.07, 6.45) is -0.362. The van der Waals surface area contributed by atoms with Gasteiger partial charge in [-0.15, -0.1) is 0 Å². The largest absolute Gasteiger partial charge is 0.347 e. The molecular weight excluding hydrogens is 296 g/mol. The highest BCUT2D eigenvalue weighted by Gasteiger charge is 2.50. The van der Waals surface area contributed by atoms with Crippen molar-refractivity contribution in [2.75, 3.05) is 0 Å². The lowest BCUT2D eigenvalue weighted by Crippen LogP contribution is -2.11. The van der Waals surface area contributed by atoms with E-state index in [1.807, 2.05) is 24.3 Å². The number of hydrogen-bond donors (Lipinski definition) is 0. The maximum atomic E-state index is 12.5. The van der Waals surface area contributed by atoms with E-state index in [0.29, 0.717) is 4.90 Å². The Balaban J connectivity index is 1.80. The molecule has 0 amide bonds. The Morgan fingerprint density at radius 3 is 2.05 bits per heavy atom. The van der Waals surface area contributed by atoms with E-state index < -0.39 is 15.3 Å². The van der Waals surface area contributed by atoms with Crippen LogP contribution in [0.5, 0.6) is 0 Å². The third kappa shape index (κ3) is 2.81. The van der Waals surface area contributed by atoms with Gasteiger partial charge in [-0.2, -0.15) is 0 Å². The number of epoxide rings is 1. The quantitative estimate of drug-likeness (QED) is 0.808. The minimum Gasteiger partial charge on any atom is -0.347 e. The summed E-state index contributed by atoms with van der Waals surface area (Å²) in [5.74, 6) is 0. The lowest BCUT2D eigenvalue weighted by molar-refractivity contribution is 0.399. The summed E-state index contributed by atoms with van der Waals surface area (Å²) in [5, 5.41) is 0. The standard InChI is InChI=1S/C18H20O3S/c1-18(2,3)14-11-9-13(10-12-14)16-17(21-16)22(19,20)15-7-5-4-6-8-15/h4-12,16-17H,1-3H3/t16-,17-/m0/s1. The van der Waals surface area contributed by atoms with Gasteiger partial charge in [-0.05, 0) is 28.7 Å². The maximum absolute atomic E-state index is 12.5. The predicted octanol–water partition coefficient (Wildman–Crippen LogP) is 3.86. The molecule has 0 N–H and O–H groups in total. The van der Waals surface area contributed by atoms with Gasteiger partial charge in [0.1, 0.15) is 6.10 Å². The van der Waals surface area contributed by atoms with Crippen molar-refractivity contribution in [2.24, 2.45) is 0 Å². The number of rotatable bonds is 3. The number of ether oxygens (including phenoxy) is 1. The van der Waals surface area contributed by atoms with Crippen LogP contribution in [0, 0.1) is 0 Å². The van der Waals surface area contributed by atoms with Crippen molar-refractivity contribution in [1.29, 1.82) is 0 Å². The van der Waals surface area contributed by atoms with Crippen LogP contribution < -0.4 is 0 Å². The van der Waals surface area contributed by atoms with Gasteiger partial charge < -0.3 is 4.74 Å². The van der Waals surface area contributed by atoms with Crippen molar-refractivity contribution in [3.05, 3.63) is 65.7 Å². The molecule has 0 bridgehead atoms. The van der Waals surface area contributed by atoms with Crippen LogP contribution in [-0.2, 0) is 20.0 Å². The number of hydrogen-bond acceptors (Lipinski definition) is 3. The first-order valence-electron chi connectivity index (χ1n) is 7.35. The molecule has 1 aliphatic heterocycles. The monoisotopic (exact) mass is 316 g/mol. The summed E-state index contributed by atoms with van der Waals surface area (Å²) < 4.78 is 30.4. The first-order valence-corrected chi connectivity index (χ1v) is 8.89. The lowest BCUT2D eigenvalue weighted by Gasteiger charge is -2.18. The summed E-state index contributed by atoms with van der Waals surface area (Å²) in [6.45, 7) is 6.45. The van der Waals surface area contributed by atoms with E-state index >= 15 is 0 Å². The second-order valence-electron chi connectivity index (χ2n) is 6.66. The summed E-state index contributed by atoms with van der Waals surface area (Å²) in [5.41, 5.74) is 1.45. The molecule has 3 nitrogen and oxygen atoms in total. The van der Waals surface area contributed by atoms with E-state index in [0.717, 1.165) is 5.56 Å². The molecule has 1 heterocycles. The topological polar surface area (TPSA) is 46.7 Å². The molecule has 1 saturated heterocycles. The fourth-order valence-corrected chi connectivity index (χ4v) is 4.04. The van der Waals surface area contributed by atoms with Gasteiger partial charge in [-0.1, -0.05) is 63.2 Å². The fourth-order valence-electron chi connectivity index (χ4n) is 2.49. The minimum atomic E-state index is -3.42. The molecule has 0 saturated carbocycles. The Bertz CT molecular complexity index is 756. The van der Waals surface area contributed by atoms with Crippen molar-refractivity contribution in [2.45, 2.75) is 42.6 Å². The highest BCUT2D eigenvalue weighted by molar-refractivity contribution is 7.92. The normalized spacial score (nSPS) is 21.6. The van der Waals surface area contributed by atoms with Crippen molar-refractivity contribution in [1.82, 2.24) is 0 Å². The predicted molar refractivity (Wildman–Crippen MR) is 86.4 cm³/mol. The summed E-state index contributed by atoms with van der Waals surface area (Å²) in [4.78, 5) is 0.314. The SMILES string of the molecule is CC(C)(C)c1ccc([C@@H]2O[C@H]2S(=O)(=O)c2ccccc2)cc1. The van der Waals surface area contributed by atoms with Gasteiger partial charge >= 0.3 is 0 Å². The van der Waals surface area contributed by atoms with Crippen molar-refractivity contribution >= 4 is 9.84 Å². The van der Waals surface area contributed by atoms with E-state index in [1.165, 1.54) is 5.56 Å². The van der Waals surface area contributed by atoms with Crippen molar-refractivity contribution in [3.63, 3.8) is 0 Å². The summed E-state index contributed by atoms with van der Waals surface area (Å²) >= 11 is 0. The minimum absolute atomic E-state index is 0.0818. The van der Waals surface area contributed by atoms with E-state index in [9.17, 15) is 8.42 Å². The molecule has 4 heteroatoms. The van der Waals surface area contributed by atoms with Crippen LogP contribution in [0.25, 0.3) is 0 Å². The van der Waals surface area contributed by atoms with Gasteiger partial charge in [-0.25, -0.2) is 8.42 Å². The first-order chi connectivity index (χ1) is 10.3. The molecule has 2 aromatic rings.